The Hall–Kier alpha value is -9.52. The third kappa shape index (κ3) is 20.3. The van der Waals surface area contributed by atoms with Crippen molar-refractivity contribution < 1.29 is 80.1 Å². The number of aliphatic hydroxyl groups is 1. The second kappa shape index (κ2) is 35.3. The smallest absolute Gasteiger partial charge is 0.410 e. The maximum Gasteiger partial charge on any atom is 0.410 e. The first-order chi connectivity index (χ1) is 50.8. The maximum absolute atomic E-state index is 14.1. The monoisotopic (exact) mass is 1530 g/mol. The Morgan fingerprint density at radius 3 is 2.35 bits per heavy atom. The number of thiol groups is 2. The lowest BCUT2D eigenvalue weighted by Gasteiger charge is -2.26. The van der Waals surface area contributed by atoms with Crippen LogP contribution in [0.1, 0.15) is 116 Å². The third-order valence-corrected chi connectivity index (χ3v) is 21.3. The number of aromatic amines is 1. The van der Waals surface area contributed by atoms with Gasteiger partial charge in [0.1, 0.15) is 49.4 Å². The second-order valence-corrected chi connectivity index (χ2v) is 31.7. The molecule has 11 rings (SSSR count). The number of aliphatic hydroxyl groups excluding tert-OH is 1. The third-order valence-electron chi connectivity index (χ3n) is 18.0. The molecule has 560 valence electrons. The number of unbranched alkanes of at least 4 members (excludes halogenated alkanes) is 1. The molecule has 0 unspecified atom stereocenters. The Kier molecular flexibility index (Phi) is 25.8. The van der Waals surface area contributed by atoms with Gasteiger partial charge in [0.2, 0.25) is 35.5 Å². The number of urea groups is 1. The predicted octanol–water partition coefficient (Wildman–Crippen LogP) is 7.85. The van der Waals surface area contributed by atoms with Crippen molar-refractivity contribution in [3.63, 3.8) is 0 Å². The van der Waals surface area contributed by atoms with Gasteiger partial charge in [0.25, 0.3) is 11.5 Å². The fourth-order valence-electron chi connectivity index (χ4n) is 12.6. The highest BCUT2D eigenvalue weighted by molar-refractivity contribution is 8.44. The van der Waals surface area contributed by atoms with Crippen LogP contribution in [0, 0.1) is 23.7 Å². The predicted molar refractivity (Wildman–Crippen MR) is 392 cm³/mol. The molecule has 0 spiro atoms. The highest BCUT2D eigenvalue weighted by atomic mass is 32.7. The molecule has 9 N–H and O–H groups in total. The number of H-pyrrole nitrogens is 1. The number of carbonyl (C=O) groups excluding carboxylic acids is 7. The topological polar surface area (TPSA) is 420 Å². The lowest BCUT2D eigenvalue weighted by molar-refractivity contribution is -0.132. The summed E-state index contributed by atoms with van der Waals surface area (Å²) in [6.07, 6.45) is -1.82. The SMILES string of the molecule is CC(C)[C@H](NC(=O)CCCCC(=O)N1Cc2ccccc2C#Cc2ccccc21)C(=O)N[C@@H](CCCNC(N)=O)C(=O)Nc1ccc(COC(=O)N(C)Cc2ccccc2C(=O)Nc2nc3c(ncn3[C@@H]3O[C@@H]4CO[P@@](=O)(S)O[C@H]5C[C@H](Oc6ccncn6)C[C@@H]5CCO[P@@](=O)(S)O[C@@H]3[C@@H]4O)c(=O)[nH]2)cc1. The van der Waals surface area contributed by atoms with Crippen LogP contribution < -0.4 is 47.5 Å². The molecular weight excluding hydrogens is 1450 g/mol. The molecule has 106 heavy (non-hydrogen) atoms. The molecule has 3 aromatic heterocycles. The number of benzene rings is 4. The minimum absolute atomic E-state index is 0.0324. The zero-order valence-electron chi connectivity index (χ0n) is 57.8. The Morgan fingerprint density at radius 2 is 1.58 bits per heavy atom. The number of para-hydroxylation sites is 1. The van der Waals surface area contributed by atoms with E-state index in [0.29, 0.717) is 54.2 Å². The molecule has 1 saturated carbocycles. The lowest BCUT2D eigenvalue weighted by Crippen LogP contribution is -2.54. The molecule has 6 heterocycles. The van der Waals surface area contributed by atoms with Crippen molar-refractivity contribution in [3.05, 3.63) is 166 Å². The van der Waals surface area contributed by atoms with Crippen LogP contribution in [0.2, 0.25) is 0 Å². The number of primary amides is 1. The van der Waals surface area contributed by atoms with Crippen molar-refractivity contribution in [3.8, 4) is 17.7 Å². The summed E-state index contributed by atoms with van der Waals surface area (Å²) < 4.78 is 70.1. The van der Waals surface area contributed by atoms with Crippen molar-refractivity contribution in [2.24, 2.45) is 17.6 Å². The van der Waals surface area contributed by atoms with Gasteiger partial charge in [-0.25, -0.2) is 33.7 Å². The van der Waals surface area contributed by atoms with Crippen LogP contribution in [-0.4, -0.2) is 151 Å². The van der Waals surface area contributed by atoms with Gasteiger partial charge < -0.3 is 60.6 Å². The number of hydrogen-bond acceptors (Lipinski definition) is 22. The lowest BCUT2D eigenvalue weighted by atomic mass is 10.0. The molecule has 2 bridgehead atoms. The molecule has 32 nitrogen and oxygen atoms in total. The van der Waals surface area contributed by atoms with Crippen LogP contribution in [0.25, 0.3) is 11.2 Å². The number of nitrogens with zero attached hydrogens (tertiary/aromatic N) is 7. The number of fused-ring (bicyclic) bond motifs is 6. The van der Waals surface area contributed by atoms with Gasteiger partial charge in [0, 0.05) is 74.0 Å². The zero-order valence-corrected chi connectivity index (χ0v) is 61.4. The molecule has 3 aliphatic heterocycles. The van der Waals surface area contributed by atoms with E-state index in [0.717, 1.165) is 23.0 Å². The Bertz CT molecular complexity index is 4610. The molecule has 7 aromatic rings. The van der Waals surface area contributed by atoms with E-state index >= 15 is 0 Å². The minimum atomic E-state index is -4.33. The van der Waals surface area contributed by atoms with E-state index in [1.165, 1.54) is 35.1 Å². The van der Waals surface area contributed by atoms with E-state index in [1.807, 2.05) is 48.5 Å². The first-order valence-corrected chi connectivity index (χ1v) is 39.6. The average Bonchev–Trinajstić information content (AvgIpc) is 1.58. The molecule has 2 saturated heterocycles. The van der Waals surface area contributed by atoms with Gasteiger partial charge in [-0.2, -0.15) is 4.98 Å². The van der Waals surface area contributed by atoms with Crippen molar-refractivity contribution in [1.29, 1.82) is 0 Å². The molecular formula is C70H80N14O18P2S2. The number of ether oxygens (including phenoxy) is 3. The number of aromatic nitrogens is 6. The summed E-state index contributed by atoms with van der Waals surface area (Å²) in [6.45, 7) is -5.68. The summed E-state index contributed by atoms with van der Waals surface area (Å²) in [5, 5.41) is 25.1. The number of nitrogens with one attached hydrogen (secondary N) is 6. The van der Waals surface area contributed by atoms with E-state index in [4.69, 9.17) is 38.0 Å². The fraction of sp³-hybridized carbons (Fsp3) is 0.400. The summed E-state index contributed by atoms with van der Waals surface area (Å²) in [5.41, 5.74) is 8.54. The number of anilines is 3. The summed E-state index contributed by atoms with van der Waals surface area (Å²) >= 11 is 8.48. The Labute approximate surface area is 619 Å². The highest BCUT2D eigenvalue weighted by Gasteiger charge is 2.51. The van der Waals surface area contributed by atoms with E-state index in [-0.39, 0.29) is 99.3 Å². The number of hydrogen-bond donors (Lipinski definition) is 10. The fourth-order valence-corrected chi connectivity index (χ4v) is 15.7. The quantitative estimate of drug-likeness (QED) is 0.0119. The highest BCUT2D eigenvalue weighted by Crippen LogP contribution is 2.60. The second-order valence-electron chi connectivity index (χ2n) is 26.0. The zero-order chi connectivity index (χ0) is 75.2. The largest absolute Gasteiger partial charge is 0.474 e. The van der Waals surface area contributed by atoms with Crippen LogP contribution in [-0.2, 0) is 75.6 Å². The normalized spacial score (nSPS) is 22.6. The molecule has 4 aromatic carbocycles. The van der Waals surface area contributed by atoms with Crippen LogP contribution >= 0.6 is 38.1 Å². The summed E-state index contributed by atoms with van der Waals surface area (Å²) in [4.78, 5) is 130. The van der Waals surface area contributed by atoms with E-state index in [1.54, 1.807) is 67.3 Å². The van der Waals surface area contributed by atoms with Crippen LogP contribution in [0.15, 0.2) is 127 Å². The summed E-state index contributed by atoms with van der Waals surface area (Å²) in [5.74, 6) is 3.12. The molecule has 3 fully saturated rings. The minimum Gasteiger partial charge on any atom is -0.474 e. The van der Waals surface area contributed by atoms with Crippen LogP contribution in [0.5, 0.6) is 5.88 Å². The van der Waals surface area contributed by atoms with Gasteiger partial charge in [0.05, 0.1) is 37.9 Å². The molecule has 4 aliphatic rings. The van der Waals surface area contributed by atoms with Crippen molar-refractivity contribution >= 4 is 108 Å². The maximum atomic E-state index is 14.1. The number of carbonyl (C=O) groups is 7. The van der Waals surface area contributed by atoms with Crippen molar-refractivity contribution in [2.45, 2.75) is 140 Å². The molecule has 36 heteroatoms. The van der Waals surface area contributed by atoms with Gasteiger partial charge >= 0.3 is 25.7 Å². The van der Waals surface area contributed by atoms with Gasteiger partial charge in [0.15, 0.2) is 17.4 Å². The number of amides is 8. The van der Waals surface area contributed by atoms with Gasteiger partial charge in [-0.1, -0.05) is 111 Å². The van der Waals surface area contributed by atoms with Gasteiger partial charge in [-0.15, -0.1) is 0 Å². The molecule has 1 aliphatic carbocycles. The molecule has 0 radical (unpaired) electrons. The Balaban J connectivity index is 0.666. The van der Waals surface area contributed by atoms with Gasteiger partial charge in [-0.05, 0) is 103 Å². The number of rotatable bonds is 24. The first-order valence-electron chi connectivity index (χ1n) is 34.2. The number of imidazole rings is 1. The van der Waals surface area contributed by atoms with Crippen molar-refractivity contribution in [2.75, 3.05) is 42.3 Å². The van der Waals surface area contributed by atoms with Crippen LogP contribution in [0.4, 0.5) is 26.9 Å². The van der Waals surface area contributed by atoms with E-state index in [9.17, 15) is 52.6 Å². The standard InChI is InChI=1S/C70H80N14O18P2S2/c1-41(2)58(78-55(85)20-10-11-21-57(86)83-36-46-15-5-4-13-43(46)24-25-44-14-7-9-19-52(44)83)65(90)77-51(18-12-30-73-68(71)92)64(89)76-48-26-22-42(23-27-48)37-96-70(93)82(3)35-47-16-6-8-17-50(47)63(88)80-69-79-62-59(66(91)81-69)75-40-84(62)67-61-60(87)54(100-67)38-98-104(95,106)101-53-34-49(99-56-28-31-72-39-74-56)33-45(53)29-32-97-103(94,105)102-61/h4-9,13-17,19,22-23,26-28,31,39-41,45,49,51,53-54,58,60-61,67,87H,10-12,18,20-21,29-30,32-38H2,1-3H3,(H,76,89)(H,77,90)(H,78,85)(H,94,105)(H,95,106)(H3,71,73,92)(H2,79,80,81,88,91)/t45-,49+,51-,53-,54+,58-,60+,61+,67+,103+,104+/m0/s1. The summed E-state index contributed by atoms with van der Waals surface area (Å²) in [6, 6.07) is 26.5. The van der Waals surface area contributed by atoms with Crippen LogP contribution in [0.3, 0.4) is 0 Å². The molecule has 8 amide bonds. The van der Waals surface area contributed by atoms with Crippen molar-refractivity contribution in [1.82, 2.24) is 50.3 Å². The summed E-state index contributed by atoms with van der Waals surface area (Å²) in [7, 11) is 1.45. The number of nitrogens with two attached hydrogens (primary N) is 1. The Morgan fingerprint density at radius 1 is 0.840 bits per heavy atom. The van der Waals surface area contributed by atoms with Gasteiger partial charge in [-0.3, -0.25) is 57.2 Å². The first kappa shape index (κ1) is 77.6. The van der Waals surface area contributed by atoms with E-state index < -0.39 is 116 Å². The average molecular weight is 1530 g/mol. The molecule has 11 atom stereocenters. The van der Waals surface area contributed by atoms with E-state index in [2.05, 4.69) is 87.8 Å².